The lowest BCUT2D eigenvalue weighted by atomic mass is 10.1. The molecule has 1 amide bonds. The van der Waals surface area contributed by atoms with Crippen LogP contribution in [0.2, 0.25) is 5.02 Å². The average molecular weight is 468 g/mol. The minimum absolute atomic E-state index is 0.00972. The molecule has 2 N–H and O–H groups in total. The van der Waals surface area contributed by atoms with E-state index in [4.69, 9.17) is 11.6 Å². The van der Waals surface area contributed by atoms with E-state index < -0.39 is 23.5 Å². The summed E-state index contributed by atoms with van der Waals surface area (Å²) in [4.78, 5) is 43.1. The first-order valence-corrected chi connectivity index (χ1v) is 10.9. The van der Waals surface area contributed by atoms with Crippen LogP contribution in [0.3, 0.4) is 0 Å². The second-order valence-electron chi connectivity index (χ2n) is 7.28. The molecule has 4 rings (SSSR count). The van der Waals surface area contributed by atoms with Crippen LogP contribution in [0.25, 0.3) is 21.6 Å². The molecule has 0 radical (unpaired) electrons. The largest absolute Gasteiger partial charge is 0.478 e. The minimum atomic E-state index is -1.22. The Morgan fingerprint density at radius 3 is 2.41 bits per heavy atom. The zero-order valence-corrected chi connectivity index (χ0v) is 18.7. The number of carboxylic acids is 1. The molecule has 2 aromatic carbocycles. The van der Waals surface area contributed by atoms with Crippen molar-refractivity contribution in [3.05, 3.63) is 80.4 Å². The number of carboxylic acid groups (broad SMARTS) is 1. The van der Waals surface area contributed by atoms with Gasteiger partial charge in [-0.05, 0) is 38.1 Å². The van der Waals surface area contributed by atoms with E-state index in [-0.39, 0.29) is 10.9 Å². The van der Waals surface area contributed by atoms with E-state index in [9.17, 15) is 19.5 Å². The number of aromatic carboxylic acids is 1. The maximum atomic E-state index is 13.5. The van der Waals surface area contributed by atoms with Gasteiger partial charge in [0, 0.05) is 21.7 Å². The SMILES string of the molecule is Cc1ccc(-c2nc3scc(C(=O)O)c3c(=O)n2C(C)C(=O)Nc2ccc(Cl)cc2)cc1. The highest BCUT2D eigenvalue weighted by molar-refractivity contribution is 7.17. The standard InChI is InChI=1S/C23H18ClN3O4S/c1-12-3-5-14(6-4-12)19-26-21-18(17(11-32-21)23(30)31)22(29)27(19)13(2)20(28)25-16-9-7-15(24)8-10-16/h3-11,13H,1-2H3,(H,25,28)(H,30,31). The number of halogens is 1. The number of hydrogen-bond donors (Lipinski definition) is 2. The van der Waals surface area contributed by atoms with Crippen molar-refractivity contribution in [2.45, 2.75) is 19.9 Å². The molecule has 0 bridgehead atoms. The van der Waals surface area contributed by atoms with Crippen molar-refractivity contribution >= 4 is 50.7 Å². The highest BCUT2D eigenvalue weighted by Crippen LogP contribution is 2.28. The number of benzene rings is 2. The number of carbonyl (C=O) groups is 2. The third kappa shape index (κ3) is 4.02. The number of anilines is 1. The van der Waals surface area contributed by atoms with Gasteiger partial charge in [0.25, 0.3) is 5.56 Å². The van der Waals surface area contributed by atoms with E-state index in [1.807, 2.05) is 31.2 Å². The number of amides is 1. The number of hydrogen-bond acceptors (Lipinski definition) is 5. The van der Waals surface area contributed by atoms with Crippen molar-refractivity contribution in [1.29, 1.82) is 0 Å². The van der Waals surface area contributed by atoms with Gasteiger partial charge in [0.2, 0.25) is 5.91 Å². The summed E-state index contributed by atoms with van der Waals surface area (Å²) in [7, 11) is 0. The van der Waals surface area contributed by atoms with E-state index in [2.05, 4.69) is 10.3 Å². The van der Waals surface area contributed by atoms with Crippen LogP contribution in [0.1, 0.15) is 28.9 Å². The Hall–Kier alpha value is -3.49. The van der Waals surface area contributed by atoms with Crippen molar-refractivity contribution in [2.75, 3.05) is 5.32 Å². The van der Waals surface area contributed by atoms with Crippen molar-refractivity contribution in [2.24, 2.45) is 0 Å². The van der Waals surface area contributed by atoms with Crippen LogP contribution in [0.5, 0.6) is 0 Å². The summed E-state index contributed by atoms with van der Waals surface area (Å²) in [5.41, 5.74) is 1.49. The monoisotopic (exact) mass is 467 g/mol. The Morgan fingerprint density at radius 1 is 1.12 bits per heavy atom. The molecule has 9 heteroatoms. The molecule has 0 fully saturated rings. The van der Waals surface area contributed by atoms with Gasteiger partial charge in [-0.15, -0.1) is 11.3 Å². The molecule has 0 saturated carbocycles. The summed E-state index contributed by atoms with van der Waals surface area (Å²) in [6.45, 7) is 3.51. The summed E-state index contributed by atoms with van der Waals surface area (Å²) in [6, 6.07) is 13.0. The molecule has 4 aromatic rings. The van der Waals surface area contributed by atoms with Gasteiger partial charge >= 0.3 is 5.97 Å². The van der Waals surface area contributed by atoms with Crippen LogP contribution in [0.15, 0.2) is 58.7 Å². The maximum absolute atomic E-state index is 13.5. The predicted molar refractivity (Wildman–Crippen MR) is 126 cm³/mol. The Morgan fingerprint density at radius 2 is 1.78 bits per heavy atom. The summed E-state index contributed by atoms with van der Waals surface area (Å²) in [6.07, 6.45) is 0. The molecule has 1 atom stereocenters. The van der Waals surface area contributed by atoms with Crippen molar-refractivity contribution in [1.82, 2.24) is 9.55 Å². The van der Waals surface area contributed by atoms with Crippen LogP contribution in [0, 0.1) is 6.92 Å². The summed E-state index contributed by atoms with van der Waals surface area (Å²) < 4.78 is 1.25. The second kappa shape index (κ2) is 8.57. The molecule has 1 unspecified atom stereocenters. The molecule has 2 aromatic heterocycles. The Bertz CT molecular complexity index is 1390. The molecule has 162 valence electrons. The number of fused-ring (bicyclic) bond motifs is 1. The summed E-state index contributed by atoms with van der Waals surface area (Å²) in [5, 5.41) is 14.2. The Balaban J connectivity index is 1.88. The molecule has 0 aliphatic carbocycles. The number of aromatic nitrogens is 2. The molecule has 2 heterocycles. The van der Waals surface area contributed by atoms with Crippen molar-refractivity contribution in [3.63, 3.8) is 0 Å². The van der Waals surface area contributed by atoms with Gasteiger partial charge in [0.05, 0.1) is 10.9 Å². The fourth-order valence-electron chi connectivity index (χ4n) is 3.32. The fourth-order valence-corrected chi connectivity index (χ4v) is 4.35. The Labute approximate surface area is 191 Å². The van der Waals surface area contributed by atoms with Gasteiger partial charge in [-0.25, -0.2) is 9.78 Å². The van der Waals surface area contributed by atoms with Gasteiger partial charge in [-0.2, -0.15) is 0 Å². The topological polar surface area (TPSA) is 101 Å². The summed E-state index contributed by atoms with van der Waals surface area (Å²) >= 11 is 6.98. The normalized spacial score (nSPS) is 12.0. The van der Waals surface area contributed by atoms with E-state index in [0.717, 1.165) is 16.9 Å². The lowest BCUT2D eigenvalue weighted by molar-refractivity contribution is -0.118. The van der Waals surface area contributed by atoms with Crippen molar-refractivity contribution < 1.29 is 14.7 Å². The zero-order chi connectivity index (χ0) is 23.0. The molecule has 0 aliphatic heterocycles. The first-order chi connectivity index (χ1) is 15.3. The molecular weight excluding hydrogens is 450 g/mol. The Kier molecular flexibility index (Phi) is 5.82. The van der Waals surface area contributed by atoms with Gasteiger partial charge in [-0.3, -0.25) is 14.2 Å². The molecular formula is C23H18ClN3O4S. The van der Waals surface area contributed by atoms with Crippen LogP contribution >= 0.6 is 22.9 Å². The minimum Gasteiger partial charge on any atom is -0.478 e. The third-order valence-corrected chi connectivity index (χ3v) is 6.18. The maximum Gasteiger partial charge on any atom is 0.337 e. The zero-order valence-electron chi connectivity index (χ0n) is 17.1. The number of aryl methyl sites for hydroxylation is 1. The predicted octanol–water partition coefficient (Wildman–Crippen LogP) is 4.98. The number of carbonyl (C=O) groups excluding carboxylic acids is 1. The van der Waals surface area contributed by atoms with Gasteiger partial charge in [0.1, 0.15) is 16.7 Å². The quantitative estimate of drug-likeness (QED) is 0.430. The van der Waals surface area contributed by atoms with Crippen molar-refractivity contribution in [3.8, 4) is 11.4 Å². The first kappa shape index (κ1) is 21.7. The molecule has 7 nitrogen and oxygen atoms in total. The fraction of sp³-hybridized carbons (Fsp3) is 0.130. The molecule has 0 saturated heterocycles. The van der Waals surface area contributed by atoms with Gasteiger partial charge < -0.3 is 10.4 Å². The van der Waals surface area contributed by atoms with E-state index in [1.165, 1.54) is 9.95 Å². The van der Waals surface area contributed by atoms with Gasteiger partial charge in [-0.1, -0.05) is 41.4 Å². The molecule has 0 aliphatic rings. The lowest BCUT2D eigenvalue weighted by Crippen LogP contribution is -2.33. The smallest absolute Gasteiger partial charge is 0.337 e. The first-order valence-electron chi connectivity index (χ1n) is 9.66. The van der Waals surface area contributed by atoms with E-state index in [0.29, 0.717) is 26.9 Å². The van der Waals surface area contributed by atoms with Crippen LogP contribution in [-0.2, 0) is 4.79 Å². The average Bonchev–Trinajstić information content (AvgIpc) is 3.20. The van der Waals surface area contributed by atoms with Crippen LogP contribution < -0.4 is 10.9 Å². The number of thiophene rings is 1. The number of rotatable bonds is 5. The van der Waals surface area contributed by atoms with Crippen LogP contribution in [0.4, 0.5) is 5.69 Å². The lowest BCUT2D eigenvalue weighted by Gasteiger charge is -2.19. The van der Waals surface area contributed by atoms with E-state index in [1.54, 1.807) is 31.2 Å². The number of nitrogens with zero attached hydrogens (tertiary/aromatic N) is 2. The van der Waals surface area contributed by atoms with Gasteiger partial charge in [0.15, 0.2) is 0 Å². The third-order valence-electron chi connectivity index (χ3n) is 5.06. The van der Waals surface area contributed by atoms with Crippen LogP contribution in [-0.4, -0.2) is 26.5 Å². The summed E-state index contributed by atoms with van der Waals surface area (Å²) in [5.74, 6) is -1.38. The highest BCUT2D eigenvalue weighted by atomic mass is 35.5. The molecule has 32 heavy (non-hydrogen) atoms. The second-order valence-corrected chi connectivity index (χ2v) is 8.58. The van der Waals surface area contributed by atoms with E-state index >= 15 is 0 Å². The highest BCUT2D eigenvalue weighted by Gasteiger charge is 2.26. The number of nitrogens with one attached hydrogen (secondary N) is 1. The molecule has 0 spiro atoms.